The molecule has 0 bridgehead atoms. The van der Waals surface area contributed by atoms with E-state index < -0.39 is 0 Å². The third-order valence-electron chi connectivity index (χ3n) is 5.38. The van der Waals surface area contributed by atoms with Crippen LogP contribution in [0.5, 0.6) is 0 Å². The van der Waals surface area contributed by atoms with Gasteiger partial charge in [-0.1, -0.05) is 70.2 Å². The van der Waals surface area contributed by atoms with Crippen LogP contribution in [-0.2, 0) is 10.8 Å². The fraction of sp³-hybridized carbons (Fsp3) is 0.478. The van der Waals surface area contributed by atoms with Crippen molar-refractivity contribution in [2.24, 2.45) is 0 Å². The molecule has 0 heterocycles. The van der Waals surface area contributed by atoms with Gasteiger partial charge in [0.15, 0.2) is 0 Å². The second-order valence-electron chi connectivity index (χ2n) is 8.14. The Hall–Kier alpha value is -1.56. The van der Waals surface area contributed by atoms with Gasteiger partial charge in [0.25, 0.3) is 0 Å². The quantitative estimate of drug-likeness (QED) is 0.529. The smallest absolute Gasteiger partial charge is 0.0100 e. The Bertz CT molecular complexity index is 663. The van der Waals surface area contributed by atoms with Crippen molar-refractivity contribution in [3.63, 3.8) is 0 Å². The molecule has 23 heavy (non-hydrogen) atoms. The molecule has 0 nitrogen and oxygen atoms in total. The van der Waals surface area contributed by atoms with Gasteiger partial charge in [-0.25, -0.2) is 0 Å². The fourth-order valence-electron chi connectivity index (χ4n) is 3.59. The third-order valence-corrected chi connectivity index (χ3v) is 5.38. The monoisotopic (exact) mass is 308 g/mol. The van der Waals surface area contributed by atoms with Crippen molar-refractivity contribution < 1.29 is 0 Å². The Morgan fingerprint density at radius 3 is 2.13 bits per heavy atom. The molecule has 0 atom stereocenters. The van der Waals surface area contributed by atoms with Crippen LogP contribution in [-0.4, -0.2) is 0 Å². The average Bonchev–Trinajstić information content (AvgIpc) is 2.51. The fourth-order valence-corrected chi connectivity index (χ4v) is 3.59. The molecule has 1 aliphatic rings. The molecule has 0 heteroatoms. The summed E-state index contributed by atoms with van der Waals surface area (Å²) in [6.45, 7) is 15.9. The Morgan fingerprint density at radius 1 is 0.957 bits per heavy atom. The molecular weight excluding hydrogens is 276 g/mol. The molecule has 2 rings (SSSR count). The van der Waals surface area contributed by atoms with E-state index in [-0.39, 0.29) is 5.41 Å². The maximum Gasteiger partial charge on any atom is -0.0100 e. The SMILES string of the molecule is C\C=C/C(=C\C)/C=C(\C)c1ccc2c(c1)C(C)(C)CCC2(C)C. The first-order valence-corrected chi connectivity index (χ1v) is 8.84. The van der Waals surface area contributed by atoms with Crippen molar-refractivity contribution in [2.75, 3.05) is 0 Å². The van der Waals surface area contributed by atoms with Crippen LogP contribution in [0.25, 0.3) is 5.57 Å². The maximum absolute atomic E-state index is 2.44. The maximum atomic E-state index is 2.44. The molecule has 0 fully saturated rings. The first-order valence-electron chi connectivity index (χ1n) is 8.84. The highest BCUT2D eigenvalue weighted by atomic mass is 14.4. The van der Waals surface area contributed by atoms with Crippen LogP contribution in [0.1, 0.15) is 78.0 Å². The first kappa shape index (κ1) is 17.8. The van der Waals surface area contributed by atoms with Crippen molar-refractivity contribution in [3.05, 3.63) is 64.8 Å². The molecule has 1 aromatic carbocycles. The number of hydrogen-bond donors (Lipinski definition) is 0. The zero-order chi connectivity index (χ0) is 17.3. The van der Waals surface area contributed by atoms with Crippen LogP contribution in [0.2, 0.25) is 0 Å². The van der Waals surface area contributed by atoms with Crippen LogP contribution in [0.3, 0.4) is 0 Å². The van der Waals surface area contributed by atoms with E-state index >= 15 is 0 Å². The van der Waals surface area contributed by atoms with E-state index in [0.29, 0.717) is 5.41 Å². The molecule has 1 aromatic rings. The molecule has 0 spiro atoms. The molecular formula is C23H32. The standard InChI is InChI=1S/C23H32/c1-8-10-18(9-2)15-17(3)19-11-12-20-21(16-19)23(6,7)14-13-22(20,4)5/h8-12,15-16H,13-14H2,1-7H3/b10-8-,17-15+,18-9+. The number of benzene rings is 1. The second-order valence-corrected chi connectivity index (χ2v) is 8.14. The van der Waals surface area contributed by atoms with Crippen molar-refractivity contribution in [3.8, 4) is 0 Å². The molecule has 0 saturated heterocycles. The Labute approximate surface area is 143 Å². The van der Waals surface area contributed by atoms with Gasteiger partial charge >= 0.3 is 0 Å². The highest BCUT2D eigenvalue weighted by Gasteiger charge is 2.36. The van der Waals surface area contributed by atoms with E-state index in [4.69, 9.17) is 0 Å². The largest absolute Gasteiger partial charge is 0.0871 e. The van der Waals surface area contributed by atoms with E-state index in [0.717, 1.165) is 0 Å². The van der Waals surface area contributed by atoms with Gasteiger partial charge in [0.2, 0.25) is 0 Å². The lowest BCUT2D eigenvalue weighted by atomic mass is 9.63. The van der Waals surface area contributed by atoms with Gasteiger partial charge in [-0.05, 0) is 72.3 Å². The average molecular weight is 309 g/mol. The van der Waals surface area contributed by atoms with E-state index in [1.54, 1.807) is 0 Å². The minimum atomic E-state index is 0.272. The summed E-state index contributed by atoms with van der Waals surface area (Å²) >= 11 is 0. The van der Waals surface area contributed by atoms with Gasteiger partial charge in [0.1, 0.15) is 0 Å². The predicted octanol–water partition coefficient (Wildman–Crippen LogP) is 6.96. The molecule has 0 aromatic heterocycles. The Balaban J connectivity index is 2.50. The predicted molar refractivity (Wildman–Crippen MR) is 104 cm³/mol. The summed E-state index contributed by atoms with van der Waals surface area (Å²) in [4.78, 5) is 0. The van der Waals surface area contributed by atoms with E-state index in [9.17, 15) is 0 Å². The van der Waals surface area contributed by atoms with Gasteiger partial charge in [-0.2, -0.15) is 0 Å². The molecule has 0 saturated carbocycles. The summed E-state index contributed by atoms with van der Waals surface area (Å²) in [5.41, 5.74) is 7.57. The van der Waals surface area contributed by atoms with Gasteiger partial charge in [-0.15, -0.1) is 0 Å². The van der Waals surface area contributed by atoms with Crippen LogP contribution in [0, 0.1) is 0 Å². The van der Waals surface area contributed by atoms with E-state index in [1.807, 2.05) is 0 Å². The highest BCUT2D eigenvalue weighted by Crippen LogP contribution is 2.46. The summed E-state index contributed by atoms with van der Waals surface area (Å²) in [6.07, 6.45) is 11.2. The summed E-state index contributed by atoms with van der Waals surface area (Å²) in [5, 5.41) is 0. The number of allylic oxidation sites excluding steroid dienone is 6. The van der Waals surface area contributed by atoms with Crippen LogP contribution in [0.4, 0.5) is 0 Å². The van der Waals surface area contributed by atoms with Crippen LogP contribution >= 0.6 is 0 Å². The summed E-state index contributed by atoms with van der Waals surface area (Å²) in [6, 6.07) is 7.11. The van der Waals surface area contributed by atoms with Crippen molar-refractivity contribution in [1.29, 1.82) is 0 Å². The van der Waals surface area contributed by atoms with E-state index in [2.05, 4.69) is 91.0 Å². The van der Waals surface area contributed by atoms with Crippen molar-refractivity contribution >= 4 is 5.57 Å². The lowest BCUT2D eigenvalue weighted by molar-refractivity contribution is 0.332. The van der Waals surface area contributed by atoms with Crippen LogP contribution < -0.4 is 0 Å². The number of fused-ring (bicyclic) bond motifs is 1. The Kier molecular flexibility index (Phi) is 5.04. The van der Waals surface area contributed by atoms with Gasteiger partial charge in [-0.3, -0.25) is 0 Å². The number of rotatable bonds is 3. The molecule has 0 aliphatic heterocycles. The third kappa shape index (κ3) is 3.68. The number of hydrogen-bond acceptors (Lipinski definition) is 0. The van der Waals surface area contributed by atoms with E-state index in [1.165, 1.54) is 40.7 Å². The van der Waals surface area contributed by atoms with Crippen LogP contribution in [0.15, 0.2) is 48.1 Å². The van der Waals surface area contributed by atoms with Gasteiger partial charge in [0, 0.05) is 0 Å². The Morgan fingerprint density at radius 2 is 1.57 bits per heavy atom. The molecule has 1 aliphatic carbocycles. The summed E-state index contributed by atoms with van der Waals surface area (Å²) in [7, 11) is 0. The zero-order valence-corrected chi connectivity index (χ0v) is 16.0. The molecule has 0 N–H and O–H groups in total. The second kappa shape index (κ2) is 6.51. The lowest BCUT2D eigenvalue weighted by Crippen LogP contribution is -2.33. The van der Waals surface area contributed by atoms with Gasteiger partial charge < -0.3 is 0 Å². The topological polar surface area (TPSA) is 0 Å². The van der Waals surface area contributed by atoms with Gasteiger partial charge in [0.05, 0.1) is 0 Å². The lowest BCUT2D eigenvalue weighted by Gasteiger charge is -2.42. The molecule has 124 valence electrons. The van der Waals surface area contributed by atoms with Crippen molar-refractivity contribution in [2.45, 2.75) is 72.1 Å². The first-order chi connectivity index (χ1) is 10.7. The summed E-state index contributed by atoms with van der Waals surface area (Å²) < 4.78 is 0. The summed E-state index contributed by atoms with van der Waals surface area (Å²) in [5.74, 6) is 0. The molecule has 0 amide bonds. The van der Waals surface area contributed by atoms with Crippen molar-refractivity contribution in [1.82, 2.24) is 0 Å². The highest BCUT2D eigenvalue weighted by molar-refractivity contribution is 5.69. The molecule has 0 radical (unpaired) electrons. The normalized spacial score (nSPS) is 20.7. The zero-order valence-electron chi connectivity index (χ0n) is 16.0. The molecule has 0 unspecified atom stereocenters. The minimum Gasteiger partial charge on any atom is -0.0871 e. The minimum absolute atomic E-state index is 0.272.